The van der Waals surface area contributed by atoms with Crippen LogP contribution in [0.5, 0.6) is 5.75 Å². The van der Waals surface area contributed by atoms with Crippen molar-refractivity contribution in [2.24, 2.45) is 0 Å². The summed E-state index contributed by atoms with van der Waals surface area (Å²) < 4.78 is 5.78. The topological polar surface area (TPSA) is 58.6 Å². The molecule has 0 radical (unpaired) electrons. The van der Waals surface area contributed by atoms with Crippen LogP contribution in [0.1, 0.15) is 50.5 Å². The number of aryl methyl sites for hydroxylation is 1. The second-order valence-corrected chi connectivity index (χ2v) is 6.61. The Labute approximate surface area is 143 Å². The monoisotopic (exact) mass is 330 g/mol. The van der Waals surface area contributed by atoms with Crippen LogP contribution < -0.4 is 10.1 Å². The fraction of sp³-hybridized carbons (Fsp3) is 0.579. The molecule has 1 N–H and O–H groups in total. The molecule has 24 heavy (non-hydrogen) atoms. The van der Waals surface area contributed by atoms with Crippen LogP contribution in [0.3, 0.4) is 0 Å². The van der Waals surface area contributed by atoms with Gasteiger partial charge in [0.15, 0.2) is 0 Å². The number of nitrogens with one attached hydrogen (secondary N) is 1. The lowest BCUT2D eigenvalue weighted by atomic mass is 10.0. The third-order valence-electron chi connectivity index (χ3n) is 4.73. The average Bonchev–Trinajstić information content (AvgIpc) is 2.88. The van der Waals surface area contributed by atoms with Crippen molar-refractivity contribution in [2.45, 2.75) is 51.4 Å². The molecule has 2 aliphatic heterocycles. The van der Waals surface area contributed by atoms with Gasteiger partial charge in [0.25, 0.3) is 0 Å². The van der Waals surface area contributed by atoms with Crippen LogP contribution in [0.4, 0.5) is 5.69 Å². The maximum Gasteiger partial charge on any atom is 0.224 e. The molecule has 1 aromatic rings. The normalized spacial score (nSPS) is 17.7. The Hall–Kier alpha value is -2.04. The van der Waals surface area contributed by atoms with E-state index in [0.717, 1.165) is 55.8 Å². The first-order valence-electron chi connectivity index (χ1n) is 9.06. The third-order valence-corrected chi connectivity index (χ3v) is 4.73. The van der Waals surface area contributed by atoms with Gasteiger partial charge < -0.3 is 15.0 Å². The third kappa shape index (κ3) is 4.49. The van der Waals surface area contributed by atoms with Crippen LogP contribution in [0.15, 0.2) is 18.2 Å². The predicted molar refractivity (Wildman–Crippen MR) is 93.2 cm³/mol. The Bertz CT molecular complexity index is 592. The van der Waals surface area contributed by atoms with E-state index in [1.54, 1.807) is 0 Å². The molecule has 0 unspecified atom stereocenters. The van der Waals surface area contributed by atoms with Gasteiger partial charge in [0.2, 0.25) is 11.8 Å². The minimum absolute atomic E-state index is 0.0724. The molecule has 0 bridgehead atoms. The van der Waals surface area contributed by atoms with Crippen molar-refractivity contribution in [1.29, 1.82) is 0 Å². The largest absolute Gasteiger partial charge is 0.494 e. The van der Waals surface area contributed by atoms with Gasteiger partial charge in [0.1, 0.15) is 5.75 Å². The number of hydrogen-bond acceptors (Lipinski definition) is 3. The summed E-state index contributed by atoms with van der Waals surface area (Å²) in [5.74, 6) is 1.14. The summed E-state index contributed by atoms with van der Waals surface area (Å²) in [6.45, 7) is 2.37. The van der Waals surface area contributed by atoms with Crippen molar-refractivity contribution < 1.29 is 14.3 Å². The Kier molecular flexibility index (Phi) is 5.72. The number of likely N-dealkylation sites (tertiary alicyclic amines) is 1. The number of hydrogen-bond donors (Lipinski definition) is 1. The molecule has 130 valence electrons. The van der Waals surface area contributed by atoms with Gasteiger partial charge in [-0.1, -0.05) is 12.8 Å². The number of anilines is 1. The van der Waals surface area contributed by atoms with Crippen LogP contribution in [0.2, 0.25) is 0 Å². The van der Waals surface area contributed by atoms with Crippen molar-refractivity contribution in [2.75, 3.05) is 25.0 Å². The van der Waals surface area contributed by atoms with Gasteiger partial charge in [-0.3, -0.25) is 9.59 Å². The molecule has 1 aromatic carbocycles. The van der Waals surface area contributed by atoms with Crippen molar-refractivity contribution in [3.05, 3.63) is 23.8 Å². The lowest BCUT2D eigenvalue weighted by molar-refractivity contribution is -0.131. The minimum atomic E-state index is 0.0724. The summed E-state index contributed by atoms with van der Waals surface area (Å²) in [4.78, 5) is 25.6. The van der Waals surface area contributed by atoms with Crippen LogP contribution in [0, 0.1) is 0 Å². The van der Waals surface area contributed by atoms with Crippen LogP contribution in [-0.2, 0) is 16.0 Å². The summed E-state index contributed by atoms with van der Waals surface area (Å²) in [5.41, 5.74) is 2.00. The van der Waals surface area contributed by atoms with Gasteiger partial charge in [-0.05, 0) is 49.4 Å². The molecule has 3 rings (SSSR count). The SMILES string of the molecule is O=C1CCc2cc(OCCCC(=O)N3CCCCCC3)ccc2N1. The van der Waals surface area contributed by atoms with Crippen molar-refractivity contribution in [3.8, 4) is 5.75 Å². The number of fused-ring (bicyclic) bond motifs is 1. The van der Waals surface area contributed by atoms with E-state index >= 15 is 0 Å². The summed E-state index contributed by atoms with van der Waals surface area (Å²) in [6, 6.07) is 5.76. The maximum atomic E-state index is 12.2. The maximum absolute atomic E-state index is 12.2. The van der Waals surface area contributed by atoms with E-state index in [0.29, 0.717) is 19.4 Å². The summed E-state index contributed by atoms with van der Waals surface area (Å²) >= 11 is 0. The fourth-order valence-electron chi connectivity index (χ4n) is 3.34. The molecule has 1 saturated heterocycles. The Morgan fingerprint density at radius 2 is 1.92 bits per heavy atom. The van der Waals surface area contributed by atoms with E-state index in [4.69, 9.17) is 4.74 Å². The highest BCUT2D eigenvalue weighted by molar-refractivity contribution is 5.94. The Balaban J connectivity index is 1.41. The summed E-state index contributed by atoms with van der Waals surface area (Å²) in [7, 11) is 0. The van der Waals surface area contributed by atoms with Crippen molar-refractivity contribution >= 4 is 17.5 Å². The molecule has 5 heteroatoms. The molecule has 0 saturated carbocycles. The number of carbonyl (C=O) groups excluding carboxylic acids is 2. The van der Waals surface area contributed by atoms with Gasteiger partial charge in [0, 0.05) is 31.6 Å². The molecule has 0 aliphatic carbocycles. The van der Waals surface area contributed by atoms with E-state index in [-0.39, 0.29) is 11.8 Å². The summed E-state index contributed by atoms with van der Waals surface area (Å²) in [5, 5.41) is 2.87. The van der Waals surface area contributed by atoms with E-state index in [2.05, 4.69) is 5.32 Å². The first-order valence-corrected chi connectivity index (χ1v) is 9.06. The van der Waals surface area contributed by atoms with E-state index in [1.807, 2.05) is 23.1 Å². The standard InChI is InChI=1S/C19H26N2O3/c22-18-10-7-15-14-16(8-9-17(15)20-18)24-13-5-6-19(23)21-11-3-1-2-4-12-21/h8-9,14H,1-7,10-13H2,(H,20,22). The molecule has 0 atom stereocenters. The molecular weight excluding hydrogens is 304 g/mol. The second-order valence-electron chi connectivity index (χ2n) is 6.61. The Morgan fingerprint density at radius 3 is 2.71 bits per heavy atom. The van der Waals surface area contributed by atoms with Gasteiger partial charge >= 0.3 is 0 Å². The second kappa shape index (κ2) is 8.18. The van der Waals surface area contributed by atoms with Crippen molar-refractivity contribution in [3.63, 3.8) is 0 Å². The van der Waals surface area contributed by atoms with Crippen LogP contribution in [-0.4, -0.2) is 36.4 Å². The van der Waals surface area contributed by atoms with Gasteiger partial charge in [-0.25, -0.2) is 0 Å². The quantitative estimate of drug-likeness (QED) is 0.844. The van der Waals surface area contributed by atoms with Crippen molar-refractivity contribution in [1.82, 2.24) is 4.90 Å². The van der Waals surface area contributed by atoms with E-state index in [9.17, 15) is 9.59 Å². The molecule has 0 spiro atoms. The van der Waals surface area contributed by atoms with Gasteiger partial charge in [-0.2, -0.15) is 0 Å². The number of nitrogens with zero attached hydrogens (tertiary/aromatic N) is 1. The lowest BCUT2D eigenvalue weighted by Crippen LogP contribution is -2.31. The molecule has 5 nitrogen and oxygen atoms in total. The number of ether oxygens (including phenoxy) is 1. The first-order chi connectivity index (χ1) is 11.7. The number of amides is 2. The molecular formula is C19H26N2O3. The summed E-state index contributed by atoms with van der Waals surface area (Å²) in [6.07, 6.45) is 7.33. The van der Waals surface area contributed by atoms with Gasteiger partial charge in [0.05, 0.1) is 6.61 Å². The van der Waals surface area contributed by atoms with E-state index in [1.165, 1.54) is 12.8 Å². The predicted octanol–water partition coefficient (Wildman–Crippen LogP) is 3.13. The zero-order chi connectivity index (χ0) is 16.8. The molecule has 1 fully saturated rings. The smallest absolute Gasteiger partial charge is 0.224 e. The number of rotatable bonds is 5. The highest BCUT2D eigenvalue weighted by Gasteiger charge is 2.16. The zero-order valence-electron chi connectivity index (χ0n) is 14.2. The van der Waals surface area contributed by atoms with Crippen LogP contribution >= 0.6 is 0 Å². The highest BCUT2D eigenvalue weighted by atomic mass is 16.5. The molecule has 0 aromatic heterocycles. The first kappa shape index (κ1) is 16.8. The Morgan fingerprint density at radius 1 is 1.12 bits per heavy atom. The van der Waals surface area contributed by atoms with E-state index < -0.39 is 0 Å². The molecule has 2 amide bonds. The lowest BCUT2D eigenvalue weighted by Gasteiger charge is -2.20. The fourth-order valence-corrected chi connectivity index (χ4v) is 3.34. The average molecular weight is 330 g/mol. The highest BCUT2D eigenvalue weighted by Crippen LogP contribution is 2.26. The van der Waals surface area contributed by atoms with Crippen LogP contribution in [0.25, 0.3) is 0 Å². The minimum Gasteiger partial charge on any atom is -0.494 e. The number of benzene rings is 1. The zero-order valence-corrected chi connectivity index (χ0v) is 14.2. The number of carbonyl (C=O) groups is 2. The molecule has 2 aliphatic rings. The molecule has 2 heterocycles. The van der Waals surface area contributed by atoms with Gasteiger partial charge in [-0.15, -0.1) is 0 Å².